The number of aromatic nitrogens is 3. The summed E-state index contributed by atoms with van der Waals surface area (Å²) in [7, 11) is 0. The summed E-state index contributed by atoms with van der Waals surface area (Å²) in [5.41, 5.74) is 9.39. The highest BCUT2D eigenvalue weighted by molar-refractivity contribution is 8.01. The number of rotatable bonds is 7. The number of nitrogens with two attached hydrogens (primary N) is 1. The molecule has 0 spiro atoms. The summed E-state index contributed by atoms with van der Waals surface area (Å²) in [6.45, 7) is 5.65. The van der Waals surface area contributed by atoms with E-state index in [1.165, 1.54) is 23.1 Å². The zero-order chi connectivity index (χ0) is 21.1. The maximum atomic E-state index is 12.6. The maximum Gasteiger partial charge on any atom is 0.230 e. The van der Waals surface area contributed by atoms with Crippen LogP contribution < -0.4 is 11.1 Å². The Morgan fingerprint density at radius 2 is 1.90 bits per heavy atom. The van der Waals surface area contributed by atoms with Crippen molar-refractivity contribution in [2.75, 3.05) is 11.1 Å². The minimum atomic E-state index is -0.392. The highest BCUT2D eigenvalue weighted by Crippen LogP contribution is 2.32. The van der Waals surface area contributed by atoms with E-state index in [2.05, 4.69) is 15.4 Å². The van der Waals surface area contributed by atoms with Crippen LogP contribution >= 0.6 is 34.7 Å². The Morgan fingerprint density at radius 1 is 1.21 bits per heavy atom. The number of nitrogens with zero attached hydrogens (tertiary/aromatic N) is 3. The van der Waals surface area contributed by atoms with Crippen LogP contribution in [0.4, 0.5) is 5.13 Å². The van der Waals surface area contributed by atoms with Gasteiger partial charge in [0, 0.05) is 16.3 Å². The van der Waals surface area contributed by atoms with Crippen molar-refractivity contribution in [3.63, 3.8) is 0 Å². The van der Waals surface area contributed by atoms with Crippen molar-refractivity contribution in [3.05, 3.63) is 51.9 Å². The van der Waals surface area contributed by atoms with Gasteiger partial charge in [-0.2, -0.15) is 5.10 Å². The lowest BCUT2D eigenvalue weighted by Crippen LogP contribution is -2.15. The Balaban J connectivity index is 1.72. The number of halogens is 1. The number of primary amides is 1. The molecule has 0 unspecified atom stereocenters. The van der Waals surface area contributed by atoms with Crippen LogP contribution in [0, 0.1) is 20.8 Å². The molecule has 0 aliphatic heterocycles. The van der Waals surface area contributed by atoms with E-state index in [9.17, 15) is 9.59 Å². The average Bonchev–Trinajstić information content (AvgIpc) is 3.14. The average molecular weight is 450 g/mol. The Morgan fingerprint density at radius 3 is 2.55 bits per heavy atom. The van der Waals surface area contributed by atoms with Gasteiger partial charge >= 0.3 is 0 Å². The molecule has 1 aromatic carbocycles. The summed E-state index contributed by atoms with van der Waals surface area (Å²) in [6.07, 6.45) is 0.188. The molecule has 0 radical (unpaired) electrons. The van der Waals surface area contributed by atoms with Gasteiger partial charge in [0.05, 0.1) is 33.5 Å². The molecule has 3 N–H and O–H groups in total. The van der Waals surface area contributed by atoms with E-state index in [4.69, 9.17) is 17.3 Å². The Hall–Kier alpha value is -2.36. The predicted octanol–water partition coefficient (Wildman–Crippen LogP) is 3.67. The molecule has 0 bridgehead atoms. The molecule has 7 nitrogen and oxygen atoms in total. The van der Waals surface area contributed by atoms with E-state index < -0.39 is 5.91 Å². The van der Waals surface area contributed by atoms with Gasteiger partial charge in [0.1, 0.15) is 0 Å². The third-order valence-corrected chi connectivity index (χ3v) is 6.91. The first-order chi connectivity index (χ1) is 13.7. The highest BCUT2D eigenvalue weighted by Gasteiger charge is 2.18. The molecule has 152 valence electrons. The number of thiazole rings is 1. The van der Waals surface area contributed by atoms with Crippen LogP contribution in [0.5, 0.6) is 0 Å². The molecule has 0 saturated heterocycles. The Labute approximate surface area is 181 Å². The molecule has 3 aromatic rings. The molecule has 0 saturated carbocycles. The molecule has 0 aliphatic rings. The van der Waals surface area contributed by atoms with Crippen molar-refractivity contribution < 1.29 is 9.59 Å². The minimum Gasteiger partial charge on any atom is -0.369 e. The first kappa shape index (κ1) is 21.4. The van der Waals surface area contributed by atoms with Crippen LogP contribution in [0.15, 0.2) is 28.5 Å². The molecular formula is C19H20ClN5O2S2. The zero-order valence-electron chi connectivity index (χ0n) is 16.2. The van der Waals surface area contributed by atoms with Crippen LogP contribution in [0.25, 0.3) is 5.69 Å². The maximum absolute atomic E-state index is 12.6. The van der Waals surface area contributed by atoms with Crippen molar-refractivity contribution in [1.29, 1.82) is 0 Å². The monoisotopic (exact) mass is 449 g/mol. The molecule has 3 rings (SSSR count). The predicted molar refractivity (Wildman–Crippen MR) is 117 cm³/mol. The van der Waals surface area contributed by atoms with E-state index in [-0.39, 0.29) is 18.1 Å². The number of anilines is 1. The molecule has 2 amide bonds. The van der Waals surface area contributed by atoms with Crippen LogP contribution in [0.3, 0.4) is 0 Å². The largest absolute Gasteiger partial charge is 0.369 e. The van der Waals surface area contributed by atoms with Crippen molar-refractivity contribution in [3.8, 4) is 5.69 Å². The fraction of sp³-hybridized carbons (Fsp3) is 0.263. The van der Waals surface area contributed by atoms with Crippen LogP contribution in [0.1, 0.15) is 22.6 Å². The normalized spacial score (nSPS) is 10.9. The highest BCUT2D eigenvalue weighted by atomic mass is 35.5. The number of thioether (sulfide) groups is 1. The van der Waals surface area contributed by atoms with E-state index >= 15 is 0 Å². The number of carbonyl (C=O) groups is 2. The van der Waals surface area contributed by atoms with Gasteiger partial charge in [0.25, 0.3) is 0 Å². The van der Waals surface area contributed by atoms with Gasteiger partial charge in [0.2, 0.25) is 11.8 Å². The van der Waals surface area contributed by atoms with Gasteiger partial charge in [-0.25, -0.2) is 9.67 Å². The minimum absolute atomic E-state index is 0.174. The number of nitrogens with one attached hydrogen (secondary N) is 1. The number of aryl methyl sites for hydroxylation is 2. The summed E-state index contributed by atoms with van der Waals surface area (Å²) in [5, 5.41) is 8.55. The van der Waals surface area contributed by atoms with E-state index in [1.807, 2.05) is 32.9 Å². The summed E-state index contributed by atoms with van der Waals surface area (Å²) in [5.74, 6) is -0.386. The van der Waals surface area contributed by atoms with Crippen molar-refractivity contribution >= 4 is 51.6 Å². The number of hydrogen-bond donors (Lipinski definition) is 2. The molecular weight excluding hydrogens is 430 g/mol. The molecule has 0 aliphatic carbocycles. The summed E-state index contributed by atoms with van der Waals surface area (Å²) >= 11 is 8.61. The lowest BCUT2D eigenvalue weighted by Gasteiger charge is -2.06. The Bertz CT molecular complexity index is 1060. The smallest absolute Gasteiger partial charge is 0.230 e. The number of carbonyl (C=O) groups excluding carboxylic acids is 2. The first-order valence-electron chi connectivity index (χ1n) is 8.74. The molecule has 29 heavy (non-hydrogen) atoms. The lowest BCUT2D eigenvalue weighted by molar-refractivity contribution is -0.116. The first-order valence-corrected chi connectivity index (χ1v) is 10.9. The second-order valence-electron chi connectivity index (χ2n) is 6.41. The fourth-order valence-corrected chi connectivity index (χ4v) is 4.81. The van der Waals surface area contributed by atoms with E-state index in [0.29, 0.717) is 10.2 Å². The van der Waals surface area contributed by atoms with Gasteiger partial charge < -0.3 is 11.1 Å². The second-order valence-corrected chi connectivity index (χ2v) is 9.09. The van der Waals surface area contributed by atoms with E-state index in [1.54, 1.807) is 16.8 Å². The molecule has 2 heterocycles. The SMILES string of the molecule is Cc1nc(NC(=O)Cc2c(C)nn(-c3ccc(Cl)cc3)c2C)sc1SCC(N)=O. The topological polar surface area (TPSA) is 103 Å². The lowest BCUT2D eigenvalue weighted by atomic mass is 10.1. The van der Waals surface area contributed by atoms with Crippen LogP contribution in [0.2, 0.25) is 5.02 Å². The van der Waals surface area contributed by atoms with Crippen molar-refractivity contribution in [2.24, 2.45) is 5.73 Å². The zero-order valence-corrected chi connectivity index (χ0v) is 18.5. The van der Waals surface area contributed by atoms with Gasteiger partial charge in [0.15, 0.2) is 5.13 Å². The quantitative estimate of drug-likeness (QED) is 0.535. The third kappa shape index (κ3) is 5.17. The van der Waals surface area contributed by atoms with Crippen molar-refractivity contribution in [1.82, 2.24) is 14.8 Å². The second kappa shape index (κ2) is 8.98. The molecule has 10 heteroatoms. The van der Waals surface area contributed by atoms with Gasteiger partial charge in [-0.05, 0) is 45.0 Å². The third-order valence-electron chi connectivity index (χ3n) is 4.20. The number of hydrogen-bond acceptors (Lipinski definition) is 6. The summed E-state index contributed by atoms with van der Waals surface area (Å²) in [4.78, 5) is 27.9. The number of benzene rings is 1. The van der Waals surface area contributed by atoms with Gasteiger partial charge in [-0.3, -0.25) is 9.59 Å². The molecule has 0 atom stereocenters. The van der Waals surface area contributed by atoms with Gasteiger partial charge in [-0.15, -0.1) is 11.8 Å². The standard InChI is InChI=1S/C19H20ClN5O2S2/c1-10-15(12(3)25(24-10)14-6-4-13(20)5-7-14)8-17(27)23-19-22-11(2)18(29-19)28-9-16(21)26/h4-7H,8-9H2,1-3H3,(H2,21,26)(H,22,23,27). The number of amides is 2. The fourth-order valence-electron chi connectivity index (χ4n) is 2.80. The molecule has 2 aromatic heterocycles. The van der Waals surface area contributed by atoms with Crippen molar-refractivity contribution in [2.45, 2.75) is 31.4 Å². The Kier molecular flexibility index (Phi) is 6.61. The van der Waals surface area contributed by atoms with E-state index in [0.717, 1.165) is 32.5 Å². The van der Waals surface area contributed by atoms with Crippen LogP contribution in [-0.2, 0) is 16.0 Å². The summed E-state index contributed by atoms with van der Waals surface area (Å²) < 4.78 is 2.67. The summed E-state index contributed by atoms with van der Waals surface area (Å²) in [6, 6.07) is 7.38. The molecule has 0 fully saturated rings. The van der Waals surface area contributed by atoms with Crippen LogP contribution in [-0.4, -0.2) is 32.3 Å². The van der Waals surface area contributed by atoms with Gasteiger partial charge in [-0.1, -0.05) is 22.9 Å².